The molecule has 2 aromatic carbocycles. The Morgan fingerprint density at radius 2 is 1.89 bits per heavy atom. The van der Waals surface area contributed by atoms with Crippen molar-refractivity contribution in [3.05, 3.63) is 59.9 Å². The Labute approximate surface area is 209 Å². The second-order valence-electron chi connectivity index (χ2n) is 9.61. The molecule has 8 nitrogen and oxygen atoms in total. The molecule has 0 aromatic heterocycles. The first kappa shape index (κ1) is 24.4. The minimum absolute atomic E-state index is 0.109. The van der Waals surface area contributed by atoms with Gasteiger partial charge in [0.2, 0.25) is 5.91 Å². The van der Waals surface area contributed by atoms with Gasteiger partial charge in [0.25, 0.3) is 0 Å². The number of carbonyl (C=O) groups excluding carboxylic acids is 2. The van der Waals surface area contributed by atoms with Crippen LogP contribution in [0.4, 0.5) is 10.1 Å². The fourth-order valence-electron chi connectivity index (χ4n) is 5.81. The van der Waals surface area contributed by atoms with Gasteiger partial charge in [0.05, 0.1) is 5.41 Å². The molecule has 3 aliphatic heterocycles. The molecule has 36 heavy (non-hydrogen) atoms. The summed E-state index contributed by atoms with van der Waals surface area (Å²) >= 11 is 0. The topological polar surface area (TPSA) is 85.7 Å². The number of halogens is 1. The molecule has 1 amide bonds. The first-order valence-corrected chi connectivity index (χ1v) is 12.4. The molecule has 1 saturated heterocycles. The highest BCUT2D eigenvalue weighted by Crippen LogP contribution is 2.48. The quantitative estimate of drug-likeness (QED) is 0.635. The predicted octanol–water partition coefficient (Wildman–Crippen LogP) is 2.21. The Kier molecular flexibility index (Phi) is 6.77. The fraction of sp³-hybridized carbons (Fsp3) is 0.444. The number of ketones is 1. The molecule has 1 fully saturated rings. The van der Waals surface area contributed by atoms with E-state index in [1.165, 1.54) is 12.1 Å². The van der Waals surface area contributed by atoms with E-state index in [1.807, 2.05) is 30.3 Å². The molecule has 9 heteroatoms. The van der Waals surface area contributed by atoms with Crippen LogP contribution in [0.25, 0.3) is 0 Å². The molecule has 0 radical (unpaired) electrons. The molecule has 1 N–H and O–H groups in total. The highest BCUT2D eigenvalue weighted by Gasteiger charge is 2.55. The molecule has 0 saturated carbocycles. The Hall–Kier alpha value is -3.30. The van der Waals surface area contributed by atoms with Gasteiger partial charge in [-0.25, -0.2) is 4.39 Å². The second kappa shape index (κ2) is 9.99. The van der Waals surface area contributed by atoms with Gasteiger partial charge in [-0.2, -0.15) is 5.10 Å². The zero-order valence-electron chi connectivity index (χ0n) is 20.4. The molecule has 0 bridgehead atoms. The Bertz CT molecular complexity index is 1170. The number of benzene rings is 2. The minimum Gasteiger partial charge on any atom is -0.489 e. The van der Waals surface area contributed by atoms with E-state index >= 15 is 0 Å². The average Bonchev–Trinajstić information content (AvgIpc) is 3.25. The van der Waals surface area contributed by atoms with Crippen LogP contribution in [-0.4, -0.2) is 84.3 Å². The number of fused-ring (bicyclic) bond motifs is 3. The lowest BCUT2D eigenvalue weighted by atomic mass is 9.67. The number of rotatable bonds is 7. The SMILES string of the molecule is CC(=O)C1=NN2c3cc(F)ccc3OCC2[C@@]1(CCCN1CCN(C(=O)CO)CC1)c1ccccc1. The monoisotopic (exact) mass is 494 g/mol. The fourth-order valence-corrected chi connectivity index (χ4v) is 5.81. The number of aliphatic hydroxyl groups excluding tert-OH is 1. The zero-order valence-corrected chi connectivity index (χ0v) is 20.4. The Morgan fingerprint density at radius 3 is 2.58 bits per heavy atom. The van der Waals surface area contributed by atoms with Crippen LogP contribution < -0.4 is 9.75 Å². The van der Waals surface area contributed by atoms with Gasteiger partial charge < -0.3 is 14.7 Å². The lowest BCUT2D eigenvalue weighted by molar-refractivity contribution is -0.135. The highest BCUT2D eigenvalue weighted by molar-refractivity contribution is 6.43. The summed E-state index contributed by atoms with van der Waals surface area (Å²) in [5.41, 5.74) is 1.30. The largest absolute Gasteiger partial charge is 0.489 e. The van der Waals surface area contributed by atoms with Crippen LogP contribution in [0.1, 0.15) is 25.3 Å². The van der Waals surface area contributed by atoms with Crippen LogP contribution >= 0.6 is 0 Å². The van der Waals surface area contributed by atoms with Crippen LogP contribution in [0, 0.1) is 5.82 Å². The van der Waals surface area contributed by atoms with E-state index in [1.54, 1.807) is 22.9 Å². The summed E-state index contributed by atoms with van der Waals surface area (Å²) in [7, 11) is 0. The number of anilines is 1. The summed E-state index contributed by atoms with van der Waals surface area (Å²) in [5, 5.41) is 15.7. The highest BCUT2D eigenvalue weighted by atomic mass is 19.1. The van der Waals surface area contributed by atoms with Gasteiger partial charge in [0.1, 0.15) is 42.2 Å². The number of ether oxygens (including phenoxy) is 1. The lowest BCUT2D eigenvalue weighted by Crippen LogP contribution is -2.54. The van der Waals surface area contributed by atoms with Gasteiger partial charge >= 0.3 is 0 Å². The number of hydrogen-bond donors (Lipinski definition) is 1. The molecule has 3 heterocycles. The van der Waals surface area contributed by atoms with Crippen LogP contribution in [0.2, 0.25) is 0 Å². The van der Waals surface area contributed by atoms with Crippen molar-refractivity contribution < 1.29 is 23.8 Å². The molecule has 190 valence electrons. The Morgan fingerprint density at radius 1 is 1.14 bits per heavy atom. The molecular weight excluding hydrogens is 463 g/mol. The van der Waals surface area contributed by atoms with Gasteiger partial charge in [-0.05, 0) is 37.1 Å². The molecule has 2 aromatic rings. The normalized spacial score (nSPS) is 23.5. The van der Waals surface area contributed by atoms with Crippen LogP contribution in [0.3, 0.4) is 0 Å². The number of amides is 1. The number of aliphatic hydroxyl groups is 1. The number of carbonyl (C=O) groups is 2. The van der Waals surface area contributed by atoms with Gasteiger partial charge in [0.15, 0.2) is 5.78 Å². The van der Waals surface area contributed by atoms with Crippen molar-refractivity contribution in [3.8, 4) is 5.75 Å². The smallest absolute Gasteiger partial charge is 0.248 e. The number of Topliss-reactive ketones (excluding diaryl/α,β-unsaturated/α-hetero) is 1. The van der Waals surface area contributed by atoms with Crippen LogP contribution in [0.5, 0.6) is 5.75 Å². The summed E-state index contributed by atoms with van der Waals surface area (Å²) in [6.45, 7) is 4.88. The summed E-state index contributed by atoms with van der Waals surface area (Å²) in [6.07, 6.45) is 1.47. The van der Waals surface area contributed by atoms with Crippen LogP contribution in [-0.2, 0) is 15.0 Å². The molecule has 0 aliphatic carbocycles. The predicted molar refractivity (Wildman–Crippen MR) is 134 cm³/mol. The number of piperazine rings is 1. The molecule has 3 aliphatic rings. The minimum atomic E-state index is -0.703. The van der Waals surface area contributed by atoms with Crippen molar-refractivity contribution in [2.75, 3.05) is 50.9 Å². The zero-order chi connectivity index (χ0) is 25.3. The van der Waals surface area contributed by atoms with Crippen molar-refractivity contribution in [1.82, 2.24) is 9.80 Å². The standard InChI is InChI=1S/C27H31FN4O4/c1-19(34)26-27(20-6-3-2-4-7-20,10-5-11-30-12-14-31(15-13-30)25(35)17-33)24-18-36-23-9-8-21(28)16-22(23)32(24)29-26/h2-4,6-9,16,24,33H,5,10-15,17-18H2,1H3/t24?,27-/m1/s1. The third kappa shape index (κ3) is 4.26. The van der Waals surface area contributed by atoms with E-state index in [0.29, 0.717) is 43.3 Å². The van der Waals surface area contributed by atoms with Gasteiger partial charge in [0, 0.05) is 39.2 Å². The maximum atomic E-state index is 14.2. The third-order valence-corrected chi connectivity index (χ3v) is 7.59. The average molecular weight is 495 g/mol. The van der Waals surface area contributed by atoms with E-state index in [4.69, 9.17) is 14.9 Å². The summed E-state index contributed by atoms with van der Waals surface area (Å²) in [6, 6.07) is 14.0. The lowest BCUT2D eigenvalue weighted by Gasteiger charge is -2.42. The summed E-state index contributed by atoms with van der Waals surface area (Å²) in [4.78, 5) is 28.8. The molecule has 5 rings (SSSR count). The first-order valence-electron chi connectivity index (χ1n) is 12.4. The van der Waals surface area contributed by atoms with E-state index < -0.39 is 12.0 Å². The third-order valence-electron chi connectivity index (χ3n) is 7.59. The second-order valence-corrected chi connectivity index (χ2v) is 9.61. The van der Waals surface area contributed by atoms with Crippen molar-refractivity contribution in [2.45, 2.75) is 31.2 Å². The van der Waals surface area contributed by atoms with E-state index in [9.17, 15) is 14.0 Å². The van der Waals surface area contributed by atoms with E-state index in [2.05, 4.69) is 4.90 Å². The van der Waals surface area contributed by atoms with Gasteiger partial charge in [-0.15, -0.1) is 0 Å². The van der Waals surface area contributed by atoms with Gasteiger partial charge in [-0.1, -0.05) is 30.3 Å². The van der Waals surface area contributed by atoms with Crippen LogP contribution in [0.15, 0.2) is 53.6 Å². The van der Waals surface area contributed by atoms with E-state index in [-0.39, 0.29) is 23.5 Å². The number of hydrazone groups is 1. The van der Waals surface area contributed by atoms with Crippen molar-refractivity contribution in [2.24, 2.45) is 5.10 Å². The Balaban J connectivity index is 1.42. The van der Waals surface area contributed by atoms with Crippen molar-refractivity contribution in [3.63, 3.8) is 0 Å². The van der Waals surface area contributed by atoms with Gasteiger partial charge in [-0.3, -0.25) is 19.5 Å². The number of hydrogen-bond acceptors (Lipinski definition) is 7. The van der Waals surface area contributed by atoms with E-state index in [0.717, 1.165) is 31.6 Å². The van der Waals surface area contributed by atoms with Crippen molar-refractivity contribution in [1.29, 1.82) is 0 Å². The molecule has 2 atom stereocenters. The maximum Gasteiger partial charge on any atom is 0.248 e. The molecular formula is C27H31FN4O4. The van der Waals surface area contributed by atoms with Crippen molar-refractivity contribution >= 4 is 23.1 Å². The number of nitrogens with zero attached hydrogens (tertiary/aromatic N) is 4. The maximum absolute atomic E-state index is 14.2. The molecule has 0 spiro atoms. The first-order chi connectivity index (χ1) is 17.4. The summed E-state index contributed by atoms with van der Waals surface area (Å²) < 4.78 is 20.3. The molecule has 1 unspecified atom stereocenters. The summed E-state index contributed by atoms with van der Waals surface area (Å²) in [5.74, 6) is -0.172.